The minimum atomic E-state index is -0.284. The van der Waals surface area contributed by atoms with E-state index in [-0.39, 0.29) is 17.3 Å². The van der Waals surface area contributed by atoms with E-state index in [0.717, 1.165) is 0 Å². The number of carbonyl (C=O) groups is 1. The van der Waals surface area contributed by atoms with E-state index in [1.807, 2.05) is 0 Å². The van der Waals surface area contributed by atoms with E-state index < -0.39 is 0 Å². The fraction of sp³-hybridized carbons (Fsp3) is 0.182. The number of nitrogen functional groups attached to an aromatic ring is 1. The van der Waals surface area contributed by atoms with Crippen molar-refractivity contribution in [3.63, 3.8) is 0 Å². The first-order valence-corrected chi connectivity index (χ1v) is 4.41. The van der Waals surface area contributed by atoms with E-state index in [0.29, 0.717) is 12.1 Å². The van der Waals surface area contributed by atoms with Gasteiger partial charge in [0.1, 0.15) is 5.75 Å². The maximum Gasteiger partial charge on any atom is 0.252 e. The number of nitrogens with one attached hydrogen (secondary N) is 1. The molecule has 1 rings (SSSR count). The highest BCUT2D eigenvalue weighted by molar-refractivity contribution is 5.95. The SMILES string of the molecule is CC#CCNC(=O)c1ccc(N)c(O)c1. The van der Waals surface area contributed by atoms with Gasteiger partial charge in [0.05, 0.1) is 12.2 Å². The molecule has 4 N–H and O–H groups in total. The van der Waals surface area contributed by atoms with Crippen LogP contribution in [0.2, 0.25) is 0 Å². The first-order valence-electron chi connectivity index (χ1n) is 4.41. The molecule has 0 fully saturated rings. The van der Waals surface area contributed by atoms with Gasteiger partial charge in [0.15, 0.2) is 0 Å². The zero-order valence-corrected chi connectivity index (χ0v) is 8.37. The van der Waals surface area contributed by atoms with E-state index in [1.165, 1.54) is 12.1 Å². The molecule has 0 aliphatic heterocycles. The van der Waals surface area contributed by atoms with E-state index in [1.54, 1.807) is 13.0 Å². The van der Waals surface area contributed by atoms with Crippen LogP contribution < -0.4 is 11.1 Å². The molecule has 4 nitrogen and oxygen atoms in total. The van der Waals surface area contributed by atoms with Crippen molar-refractivity contribution in [2.45, 2.75) is 6.92 Å². The van der Waals surface area contributed by atoms with Crippen LogP contribution >= 0.6 is 0 Å². The third-order valence-corrected chi connectivity index (χ3v) is 1.81. The Hall–Kier alpha value is -2.15. The van der Waals surface area contributed by atoms with E-state index >= 15 is 0 Å². The lowest BCUT2D eigenvalue weighted by atomic mass is 10.2. The maximum absolute atomic E-state index is 11.5. The molecular weight excluding hydrogens is 192 g/mol. The summed E-state index contributed by atoms with van der Waals surface area (Å²) in [7, 11) is 0. The maximum atomic E-state index is 11.5. The van der Waals surface area contributed by atoms with Crippen LogP contribution in [0.3, 0.4) is 0 Å². The van der Waals surface area contributed by atoms with E-state index in [2.05, 4.69) is 17.2 Å². The molecule has 0 atom stereocenters. The first kappa shape index (κ1) is 10.9. The Morgan fingerprint density at radius 2 is 2.33 bits per heavy atom. The second kappa shape index (κ2) is 4.91. The van der Waals surface area contributed by atoms with Crippen LogP contribution in [0, 0.1) is 11.8 Å². The summed E-state index contributed by atoms with van der Waals surface area (Å²) >= 11 is 0. The lowest BCUT2D eigenvalue weighted by molar-refractivity contribution is 0.0958. The quantitative estimate of drug-likeness (QED) is 0.377. The summed E-state index contributed by atoms with van der Waals surface area (Å²) in [5, 5.41) is 11.9. The fourth-order valence-electron chi connectivity index (χ4n) is 1.000. The zero-order chi connectivity index (χ0) is 11.3. The Bertz CT molecular complexity index is 430. The molecule has 15 heavy (non-hydrogen) atoms. The molecule has 0 aliphatic carbocycles. The molecular formula is C11H12N2O2. The van der Waals surface area contributed by atoms with Gasteiger partial charge in [0.25, 0.3) is 5.91 Å². The van der Waals surface area contributed by atoms with Crippen molar-refractivity contribution in [2.75, 3.05) is 12.3 Å². The number of aromatic hydroxyl groups is 1. The highest BCUT2D eigenvalue weighted by Gasteiger charge is 2.06. The number of carbonyl (C=O) groups excluding carboxylic acids is 1. The number of hydrogen-bond donors (Lipinski definition) is 3. The molecule has 1 aromatic carbocycles. The second-order valence-corrected chi connectivity index (χ2v) is 2.88. The molecule has 0 spiro atoms. The lowest BCUT2D eigenvalue weighted by Crippen LogP contribution is -2.23. The molecule has 0 aliphatic rings. The Morgan fingerprint density at radius 1 is 1.60 bits per heavy atom. The van der Waals surface area contributed by atoms with Gasteiger partial charge < -0.3 is 16.2 Å². The fourth-order valence-corrected chi connectivity index (χ4v) is 1.000. The minimum Gasteiger partial charge on any atom is -0.506 e. The normalized spacial score (nSPS) is 8.87. The third kappa shape index (κ3) is 2.92. The Balaban J connectivity index is 2.72. The molecule has 0 bridgehead atoms. The van der Waals surface area contributed by atoms with Gasteiger partial charge in [-0.1, -0.05) is 5.92 Å². The van der Waals surface area contributed by atoms with E-state index in [9.17, 15) is 9.90 Å². The molecule has 4 heteroatoms. The van der Waals surface area contributed by atoms with Gasteiger partial charge in [-0.05, 0) is 25.1 Å². The van der Waals surface area contributed by atoms with Crippen LogP contribution in [0.15, 0.2) is 18.2 Å². The van der Waals surface area contributed by atoms with Crippen LogP contribution in [0.25, 0.3) is 0 Å². The molecule has 0 aromatic heterocycles. The van der Waals surface area contributed by atoms with E-state index in [4.69, 9.17) is 5.73 Å². The van der Waals surface area contributed by atoms with Crippen molar-refractivity contribution >= 4 is 11.6 Å². The van der Waals surface area contributed by atoms with Gasteiger partial charge in [-0.15, -0.1) is 5.92 Å². The van der Waals surface area contributed by atoms with Crippen LogP contribution in [-0.4, -0.2) is 17.6 Å². The molecule has 1 aromatic rings. The monoisotopic (exact) mass is 204 g/mol. The number of phenols is 1. The molecule has 0 heterocycles. The Kier molecular flexibility index (Phi) is 3.58. The lowest BCUT2D eigenvalue weighted by Gasteiger charge is -2.03. The van der Waals surface area contributed by atoms with Crippen LogP contribution in [0.4, 0.5) is 5.69 Å². The van der Waals surface area contributed by atoms with Crippen molar-refractivity contribution in [3.8, 4) is 17.6 Å². The highest BCUT2D eigenvalue weighted by atomic mass is 16.3. The number of phenolic OH excluding ortho intramolecular Hbond substituents is 1. The molecule has 0 saturated heterocycles. The first-order chi connectivity index (χ1) is 7.15. The average Bonchev–Trinajstić information content (AvgIpc) is 2.22. The predicted octanol–water partition coefficient (Wildman–Crippen LogP) is 0.728. The summed E-state index contributed by atoms with van der Waals surface area (Å²) in [4.78, 5) is 11.5. The summed E-state index contributed by atoms with van der Waals surface area (Å²) in [5.41, 5.74) is 6.02. The minimum absolute atomic E-state index is 0.0933. The number of hydrogen-bond acceptors (Lipinski definition) is 3. The van der Waals surface area contributed by atoms with Crippen LogP contribution in [0.1, 0.15) is 17.3 Å². The number of anilines is 1. The van der Waals surface area contributed by atoms with Gasteiger partial charge in [-0.2, -0.15) is 0 Å². The van der Waals surface area contributed by atoms with Crippen molar-refractivity contribution in [3.05, 3.63) is 23.8 Å². The molecule has 0 unspecified atom stereocenters. The van der Waals surface area contributed by atoms with Crippen molar-refractivity contribution < 1.29 is 9.90 Å². The largest absolute Gasteiger partial charge is 0.506 e. The summed E-state index contributed by atoms with van der Waals surface area (Å²) in [6.45, 7) is 1.99. The summed E-state index contributed by atoms with van der Waals surface area (Å²) in [5.74, 6) is 4.99. The number of benzene rings is 1. The van der Waals surface area contributed by atoms with Gasteiger partial charge in [-0.3, -0.25) is 4.79 Å². The molecule has 78 valence electrons. The van der Waals surface area contributed by atoms with Gasteiger partial charge in [-0.25, -0.2) is 0 Å². The van der Waals surface area contributed by atoms with Gasteiger partial charge in [0.2, 0.25) is 0 Å². The topological polar surface area (TPSA) is 75.4 Å². The number of amides is 1. The molecule has 1 amide bonds. The van der Waals surface area contributed by atoms with Crippen LogP contribution in [0.5, 0.6) is 5.75 Å². The highest BCUT2D eigenvalue weighted by Crippen LogP contribution is 2.20. The zero-order valence-electron chi connectivity index (χ0n) is 8.37. The Morgan fingerprint density at radius 3 is 2.93 bits per heavy atom. The average molecular weight is 204 g/mol. The van der Waals surface area contributed by atoms with Crippen LogP contribution in [-0.2, 0) is 0 Å². The van der Waals surface area contributed by atoms with Crippen molar-refractivity contribution in [1.82, 2.24) is 5.32 Å². The predicted molar refractivity (Wildman–Crippen MR) is 58.3 cm³/mol. The van der Waals surface area contributed by atoms with Crippen molar-refractivity contribution in [1.29, 1.82) is 0 Å². The smallest absolute Gasteiger partial charge is 0.252 e. The molecule has 0 radical (unpaired) electrons. The van der Waals surface area contributed by atoms with Gasteiger partial charge >= 0.3 is 0 Å². The third-order valence-electron chi connectivity index (χ3n) is 1.81. The van der Waals surface area contributed by atoms with Crippen molar-refractivity contribution in [2.24, 2.45) is 0 Å². The number of nitrogens with two attached hydrogens (primary N) is 1. The summed E-state index contributed by atoms with van der Waals surface area (Å²) in [6, 6.07) is 4.35. The second-order valence-electron chi connectivity index (χ2n) is 2.88. The summed E-state index contributed by atoms with van der Waals surface area (Å²) in [6.07, 6.45) is 0. The Labute approximate surface area is 88.1 Å². The number of rotatable bonds is 2. The molecule has 0 saturated carbocycles. The van der Waals surface area contributed by atoms with Gasteiger partial charge in [0, 0.05) is 5.56 Å². The summed E-state index contributed by atoms with van der Waals surface area (Å²) < 4.78 is 0. The standard InChI is InChI=1S/C11H12N2O2/c1-2-3-6-13-11(15)8-4-5-9(12)10(14)7-8/h4-5,7,14H,6,12H2,1H3,(H,13,15).